The molecule has 0 aliphatic carbocycles. The van der Waals surface area contributed by atoms with Gasteiger partial charge in [0.15, 0.2) is 4.96 Å². The van der Waals surface area contributed by atoms with Crippen LogP contribution in [0.2, 0.25) is 0 Å². The lowest BCUT2D eigenvalue weighted by atomic mass is 10.1. The Balaban J connectivity index is 1.54. The van der Waals surface area contributed by atoms with Crippen molar-refractivity contribution in [2.24, 2.45) is 0 Å². The minimum absolute atomic E-state index is 0.144. The van der Waals surface area contributed by atoms with E-state index in [0.717, 1.165) is 27.7 Å². The van der Waals surface area contributed by atoms with Crippen molar-refractivity contribution in [1.82, 2.24) is 9.38 Å². The Kier molecular flexibility index (Phi) is 5.58. The average Bonchev–Trinajstić information content (AvgIpc) is 3.36. The fourth-order valence-corrected chi connectivity index (χ4v) is 4.01. The quantitative estimate of drug-likeness (QED) is 0.481. The van der Waals surface area contributed by atoms with Crippen LogP contribution < -0.4 is 19.5 Å². The monoisotopic (exact) mass is 423 g/mol. The van der Waals surface area contributed by atoms with Crippen LogP contribution in [0.15, 0.2) is 54.0 Å². The number of thiazole rings is 1. The summed E-state index contributed by atoms with van der Waals surface area (Å²) in [6.07, 6.45) is 2.15. The fourth-order valence-electron chi connectivity index (χ4n) is 3.14. The zero-order valence-corrected chi connectivity index (χ0v) is 17.7. The highest BCUT2D eigenvalue weighted by molar-refractivity contribution is 7.15. The van der Waals surface area contributed by atoms with Gasteiger partial charge in [-0.05, 0) is 24.3 Å². The number of amides is 1. The van der Waals surface area contributed by atoms with Gasteiger partial charge >= 0.3 is 0 Å². The van der Waals surface area contributed by atoms with Crippen molar-refractivity contribution in [1.29, 1.82) is 0 Å². The lowest BCUT2D eigenvalue weighted by Crippen LogP contribution is -2.15. The van der Waals surface area contributed by atoms with Gasteiger partial charge in [-0.25, -0.2) is 4.98 Å². The van der Waals surface area contributed by atoms with E-state index in [9.17, 15) is 4.79 Å². The molecule has 30 heavy (non-hydrogen) atoms. The molecule has 0 aliphatic rings. The molecule has 0 fully saturated rings. The minimum atomic E-state index is -0.144. The number of benzene rings is 2. The van der Waals surface area contributed by atoms with Crippen LogP contribution in [-0.2, 0) is 11.2 Å². The van der Waals surface area contributed by atoms with Crippen molar-refractivity contribution < 1.29 is 19.0 Å². The van der Waals surface area contributed by atoms with Crippen LogP contribution in [0.1, 0.15) is 5.69 Å². The molecule has 0 spiro atoms. The number of hydrogen-bond acceptors (Lipinski definition) is 6. The number of anilines is 1. The van der Waals surface area contributed by atoms with E-state index in [1.54, 1.807) is 39.5 Å². The number of nitrogens with one attached hydrogen (secondary N) is 1. The number of nitrogens with zero attached hydrogens (tertiary/aromatic N) is 2. The third kappa shape index (κ3) is 3.95. The number of fused-ring (bicyclic) bond motifs is 1. The van der Waals surface area contributed by atoms with E-state index in [4.69, 9.17) is 14.2 Å². The second kappa shape index (κ2) is 8.46. The fraction of sp³-hybridized carbons (Fsp3) is 0.182. The Morgan fingerprint density at radius 2 is 1.87 bits per heavy atom. The van der Waals surface area contributed by atoms with Crippen molar-refractivity contribution in [2.75, 3.05) is 26.6 Å². The molecule has 2 aromatic heterocycles. The molecular formula is C22H21N3O4S. The first-order chi connectivity index (χ1) is 14.6. The van der Waals surface area contributed by atoms with E-state index in [1.165, 1.54) is 11.3 Å². The maximum absolute atomic E-state index is 12.7. The SMILES string of the molecule is COc1cccc(-c2cn3c(CC(=O)Nc4ccc(OC)cc4OC)csc3n2)c1. The van der Waals surface area contributed by atoms with Crippen LogP contribution in [0.5, 0.6) is 17.2 Å². The normalized spacial score (nSPS) is 10.8. The van der Waals surface area contributed by atoms with Gasteiger partial charge in [-0.15, -0.1) is 11.3 Å². The number of carbonyl (C=O) groups excluding carboxylic acids is 1. The van der Waals surface area contributed by atoms with Crippen molar-refractivity contribution in [3.8, 4) is 28.5 Å². The summed E-state index contributed by atoms with van der Waals surface area (Å²) in [5, 5.41) is 4.85. The summed E-state index contributed by atoms with van der Waals surface area (Å²) in [4.78, 5) is 18.2. The van der Waals surface area contributed by atoms with Gasteiger partial charge in [-0.2, -0.15) is 0 Å². The third-order valence-electron chi connectivity index (χ3n) is 4.67. The van der Waals surface area contributed by atoms with Crippen molar-refractivity contribution in [3.05, 3.63) is 59.7 Å². The predicted octanol–water partition coefficient (Wildman–Crippen LogP) is 4.27. The van der Waals surface area contributed by atoms with Gasteiger partial charge in [-0.1, -0.05) is 12.1 Å². The van der Waals surface area contributed by atoms with Crippen LogP contribution in [0, 0.1) is 0 Å². The van der Waals surface area contributed by atoms with Gasteiger partial charge in [-0.3, -0.25) is 9.20 Å². The second-order valence-corrected chi connectivity index (χ2v) is 7.37. The highest BCUT2D eigenvalue weighted by Gasteiger charge is 2.15. The Labute approximate surface area is 177 Å². The van der Waals surface area contributed by atoms with Crippen LogP contribution in [0.25, 0.3) is 16.2 Å². The highest BCUT2D eigenvalue weighted by Crippen LogP contribution is 2.30. The molecule has 0 bridgehead atoms. The number of methoxy groups -OCH3 is 3. The van der Waals surface area contributed by atoms with Crippen molar-refractivity contribution >= 4 is 27.9 Å². The molecule has 2 heterocycles. The molecule has 7 nitrogen and oxygen atoms in total. The molecule has 4 aromatic rings. The van der Waals surface area contributed by atoms with Gasteiger partial charge in [0.2, 0.25) is 5.91 Å². The summed E-state index contributed by atoms with van der Waals surface area (Å²) in [5.74, 6) is 1.83. The lowest BCUT2D eigenvalue weighted by Gasteiger charge is -2.11. The Hall–Kier alpha value is -3.52. The summed E-state index contributed by atoms with van der Waals surface area (Å²) in [6, 6.07) is 13.0. The maximum Gasteiger partial charge on any atom is 0.230 e. The summed E-state index contributed by atoms with van der Waals surface area (Å²) >= 11 is 1.50. The second-order valence-electron chi connectivity index (χ2n) is 6.53. The zero-order valence-electron chi connectivity index (χ0n) is 16.8. The molecule has 4 rings (SSSR count). The van der Waals surface area contributed by atoms with Gasteiger partial charge in [0.25, 0.3) is 0 Å². The highest BCUT2D eigenvalue weighted by atomic mass is 32.1. The smallest absolute Gasteiger partial charge is 0.230 e. The predicted molar refractivity (Wildman–Crippen MR) is 117 cm³/mol. The van der Waals surface area contributed by atoms with Crippen LogP contribution in [0.3, 0.4) is 0 Å². The van der Waals surface area contributed by atoms with E-state index in [1.807, 2.05) is 40.2 Å². The summed E-state index contributed by atoms with van der Waals surface area (Å²) in [5.41, 5.74) is 3.25. The maximum atomic E-state index is 12.7. The van der Waals surface area contributed by atoms with Gasteiger partial charge in [0.1, 0.15) is 17.2 Å². The molecule has 1 amide bonds. The van der Waals surface area contributed by atoms with Gasteiger partial charge in [0, 0.05) is 28.9 Å². The van der Waals surface area contributed by atoms with E-state index in [0.29, 0.717) is 17.2 Å². The molecule has 0 radical (unpaired) electrons. The molecule has 0 aliphatic heterocycles. The number of hydrogen-bond donors (Lipinski definition) is 1. The molecule has 154 valence electrons. The third-order valence-corrected chi connectivity index (χ3v) is 5.56. The first-order valence-corrected chi connectivity index (χ1v) is 10.1. The molecule has 0 saturated carbocycles. The Morgan fingerprint density at radius 1 is 1.07 bits per heavy atom. The van der Waals surface area contributed by atoms with Crippen LogP contribution in [0.4, 0.5) is 5.69 Å². The first-order valence-electron chi connectivity index (χ1n) is 9.23. The van der Waals surface area contributed by atoms with Crippen LogP contribution >= 0.6 is 11.3 Å². The summed E-state index contributed by atoms with van der Waals surface area (Å²) in [6.45, 7) is 0. The number of aromatic nitrogens is 2. The largest absolute Gasteiger partial charge is 0.497 e. The standard InChI is InChI=1S/C22H21N3O4S/c1-27-16-6-4-5-14(9-16)19-12-25-15(13-30-22(25)24-19)10-21(26)23-18-8-7-17(28-2)11-20(18)29-3/h4-9,11-13H,10H2,1-3H3,(H,23,26). The number of ether oxygens (including phenoxy) is 3. The minimum Gasteiger partial charge on any atom is -0.497 e. The number of imidazole rings is 1. The van der Waals surface area contributed by atoms with Crippen molar-refractivity contribution in [2.45, 2.75) is 6.42 Å². The van der Waals surface area contributed by atoms with Gasteiger partial charge < -0.3 is 19.5 Å². The zero-order chi connectivity index (χ0) is 21.1. The summed E-state index contributed by atoms with van der Waals surface area (Å²) in [7, 11) is 4.78. The molecule has 0 atom stereocenters. The van der Waals surface area contributed by atoms with Gasteiger partial charge in [0.05, 0.1) is 39.1 Å². The Morgan fingerprint density at radius 3 is 2.63 bits per heavy atom. The van der Waals surface area contributed by atoms with E-state index in [-0.39, 0.29) is 12.3 Å². The molecule has 0 saturated heterocycles. The topological polar surface area (TPSA) is 74.1 Å². The molecule has 0 unspecified atom stereocenters. The first kappa shape index (κ1) is 19.8. The molecule has 1 N–H and O–H groups in total. The number of rotatable bonds is 7. The van der Waals surface area contributed by atoms with E-state index >= 15 is 0 Å². The van der Waals surface area contributed by atoms with E-state index in [2.05, 4.69) is 10.3 Å². The number of carbonyl (C=O) groups is 1. The summed E-state index contributed by atoms with van der Waals surface area (Å²) < 4.78 is 17.8. The molecule has 2 aromatic carbocycles. The van der Waals surface area contributed by atoms with Crippen molar-refractivity contribution in [3.63, 3.8) is 0 Å². The molecule has 8 heteroatoms. The Bertz CT molecular complexity index is 1200. The average molecular weight is 423 g/mol. The lowest BCUT2D eigenvalue weighted by molar-refractivity contribution is -0.115. The van der Waals surface area contributed by atoms with Crippen LogP contribution in [-0.4, -0.2) is 36.6 Å². The van der Waals surface area contributed by atoms with E-state index < -0.39 is 0 Å². The molecular weight excluding hydrogens is 402 g/mol.